The van der Waals surface area contributed by atoms with Gasteiger partial charge in [0.25, 0.3) is 0 Å². The zero-order chi connectivity index (χ0) is 16.9. The predicted molar refractivity (Wildman–Crippen MR) is 118 cm³/mol. The van der Waals surface area contributed by atoms with Gasteiger partial charge in [-0.15, -0.1) is 24.0 Å². The van der Waals surface area contributed by atoms with E-state index in [2.05, 4.69) is 58.6 Å². The van der Waals surface area contributed by atoms with E-state index in [0.717, 1.165) is 11.9 Å². The van der Waals surface area contributed by atoms with Gasteiger partial charge in [-0.1, -0.05) is 25.5 Å². The molecule has 140 valence electrons. The first-order valence-electron chi connectivity index (χ1n) is 9.56. The van der Waals surface area contributed by atoms with Crippen molar-refractivity contribution in [2.75, 3.05) is 25.0 Å². The van der Waals surface area contributed by atoms with Crippen molar-refractivity contribution >= 4 is 35.6 Å². The van der Waals surface area contributed by atoms with E-state index < -0.39 is 0 Å². The van der Waals surface area contributed by atoms with Gasteiger partial charge < -0.3 is 15.5 Å². The van der Waals surface area contributed by atoms with E-state index >= 15 is 0 Å². The lowest BCUT2D eigenvalue weighted by molar-refractivity contribution is 0.639. The van der Waals surface area contributed by atoms with Crippen LogP contribution in [-0.4, -0.2) is 32.1 Å². The third-order valence-electron chi connectivity index (χ3n) is 5.32. The zero-order valence-corrected chi connectivity index (χ0v) is 18.1. The molecule has 4 nitrogen and oxygen atoms in total. The van der Waals surface area contributed by atoms with Crippen molar-refractivity contribution in [3.63, 3.8) is 0 Å². The molecule has 1 heterocycles. The fraction of sp³-hybridized carbons (Fsp3) is 0.650. The summed E-state index contributed by atoms with van der Waals surface area (Å²) in [5.41, 5.74) is 2.68. The van der Waals surface area contributed by atoms with Crippen LogP contribution in [0, 0.1) is 5.92 Å². The van der Waals surface area contributed by atoms with Gasteiger partial charge >= 0.3 is 0 Å². The maximum Gasteiger partial charge on any atom is 0.191 e. The molecule has 0 radical (unpaired) electrons. The molecule has 3 rings (SSSR count). The molecule has 2 N–H and O–H groups in total. The highest BCUT2D eigenvalue weighted by molar-refractivity contribution is 14.0. The molecule has 2 aliphatic rings. The number of halogens is 1. The van der Waals surface area contributed by atoms with Gasteiger partial charge in [0.1, 0.15) is 0 Å². The second-order valence-corrected chi connectivity index (χ2v) is 7.26. The average molecular weight is 456 g/mol. The van der Waals surface area contributed by atoms with Crippen molar-refractivity contribution in [1.82, 2.24) is 10.6 Å². The number of hydrogen-bond acceptors (Lipinski definition) is 2. The molecule has 25 heavy (non-hydrogen) atoms. The van der Waals surface area contributed by atoms with Gasteiger partial charge in [-0.05, 0) is 56.2 Å². The minimum Gasteiger partial charge on any atom is -0.372 e. The van der Waals surface area contributed by atoms with Crippen LogP contribution in [0.2, 0.25) is 0 Å². The number of anilines is 1. The second kappa shape index (κ2) is 9.64. The Morgan fingerprint density at radius 3 is 2.76 bits per heavy atom. The van der Waals surface area contributed by atoms with Gasteiger partial charge in [0, 0.05) is 31.9 Å². The molecule has 3 atom stereocenters. The monoisotopic (exact) mass is 456 g/mol. The fourth-order valence-corrected chi connectivity index (χ4v) is 3.72. The summed E-state index contributed by atoms with van der Waals surface area (Å²) >= 11 is 0. The summed E-state index contributed by atoms with van der Waals surface area (Å²) in [6.45, 7) is 6.86. The van der Waals surface area contributed by atoms with E-state index in [9.17, 15) is 0 Å². The topological polar surface area (TPSA) is 39.7 Å². The van der Waals surface area contributed by atoms with Crippen molar-refractivity contribution in [2.45, 2.75) is 58.0 Å². The van der Waals surface area contributed by atoms with Crippen LogP contribution in [0.3, 0.4) is 0 Å². The molecular formula is C20H33IN4. The predicted octanol–water partition coefficient (Wildman–Crippen LogP) is 4.32. The van der Waals surface area contributed by atoms with E-state index in [1.54, 1.807) is 0 Å². The summed E-state index contributed by atoms with van der Waals surface area (Å²) in [5, 5.41) is 7.13. The molecule has 0 amide bonds. The summed E-state index contributed by atoms with van der Waals surface area (Å²) in [6, 6.07) is 9.81. The van der Waals surface area contributed by atoms with Crippen molar-refractivity contribution < 1.29 is 0 Å². The molecule has 1 saturated carbocycles. The molecule has 1 aromatic carbocycles. The Bertz CT molecular complexity index is 569. The largest absolute Gasteiger partial charge is 0.372 e. The standard InChI is InChI=1S/C20H32N4.HI/c1-4-8-17-14-19(17)23-20(21-3)22-15(2)16-9-7-10-18(13-16)24-11-5-6-12-24;/h7,9-10,13,15,17,19H,4-6,8,11-12,14H2,1-3H3,(H2,21,22,23);1H. The maximum atomic E-state index is 4.41. The van der Waals surface area contributed by atoms with Gasteiger partial charge in [0.2, 0.25) is 0 Å². The number of guanidine groups is 1. The highest BCUT2D eigenvalue weighted by Crippen LogP contribution is 2.34. The van der Waals surface area contributed by atoms with Crippen LogP contribution in [0.15, 0.2) is 29.3 Å². The third kappa shape index (κ3) is 5.50. The molecule has 5 heteroatoms. The third-order valence-corrected chi connectivity index (χ3v) is 5.32. The number of hydrogen-bond donors (Lipinski definition) is 2. The second-order valence-electron chi connectivity index (χ2n) is 7.26. The summed E-state index contributed by atoms with van der Waals surface area (Å²) < 4.78 is 0. The van der Waals surface area contributed by atoms with E-state index in [4.69, 9.17) is 0 Å². The lowest BCUT2D eigenvalue weighted by Gasteiger charge is -2.22. The Kier molecular flexibility index (Phi) is 7.84. The average Bonchev–Trinajstić information content (AvgIpc) is 3.11. The smallest absolute Gasteiger partial charge is 0.191 e. The molecule has 2 fully saturated rings. The Balaban J connectivity index is 0.00000225. The summed E-state index contributed by atoms with van der Waals surface area (Å²) in [5.74, 6) is 1.76. The van der Waals surface area contributed by atoms with E-state index in [-0.39, 0.29) is 30.0 Å². The van der Waals surface area contributed by atoms with Crippen LogP contribution in [0.4, 0.5) is 5.69 Å². The maximum absolute atomic E-state index is 4.41. The van der Waals surface area contributed by atoms with Crippen LogP contribution in [0.5, 0.6) is 0 Å². The van der Waals surface area contributed by atoms with Gasteiger partial charge in [0.15, 0.2) is 5.96 Å². The zero-order valence-electron chi connectivity index (χ0n) is 15.8. The highest BCUT2D eigenvalue weighted by Gasteiger charge is 2.36. The molecular weight excluding hydrogens is 423 g/mol. The van der Waals surface area contributed by atoms with Crippen molar-refractivity contribution in [1.29, 1.82) is 0 Å². The lowest BCUT2D eigenvalue weighted by Crippen LogP contribution is -2.40. The summed E-state index contributed by atoms with van der Waals surface area (Å²) in [7, 11) is 1.86. The number of rotatable bonds is 6. The molecule has 1 aliphatic heterocycles. The van der Waals surface area contributed by atoms with Crippen LogP contribution in [0.25, 0.3) is 0 Å². The van der Waals surface area contributed by atoms with Crippen molar-refractivity contribution in [3.8, 4) is 0 Å². The van der Waals surface area contributed by atoms with Crippen molar-refractivity contribution in [3.05, 3.63) is 29.8 Å². The molecule has 1 saturated heterocycles. The Hall–Kier alpha value is -0.980. The first-order valence-corrected chi connectivity index (χ1v) is 9.56. The quantitative estimate of drug-likeness (QED) is 0.381. The van der Waals surface area contributed by atoms with Crippen LogP contribution in [-0.2, 0) is 0 Å². The first-order chi connectivity index (χ1) is 11.7. The Labute approximate surface area is 169 Å². The van der Waals surface area contributed by atoms with E-state index in [1.807, 2.05) is 7.05 Å². The minimum atomic E-state index is 0. The number of nitrogens with zero attached hydrogens (tertiary/aromatic N) is 2. The normalized spacial score (nSPS) is 23.8. The van der Waals surface area contributed by atoms with Crippen LogP contribution in [0.1, 0.15) is 57.6 Å². The molecule has 3 unspecified atom stereocenters. The number of aliphatic imine (C=N–C) groups is 1. The summed E-state index contributed by atoms with van der Waals surface area (Å²) in [4.78, 5) is 6.90. The van der Waals surface area contributed by atoms with E-state index in [0.29, 0.717) is 6.04 Å². The Morgan fingerprint density at radius 1 is 1.32 bits per heavy atom. The SMILES string of the molecule is CCCC1CC1NC(=NC)NC(C)c1cccc(N2CCCC2)c1.I. The number of benzene rings is 1. The Morgan fingerprint density at radius 2 is 2.08 bits per heavy atom. The fourth-order valence-electron chi connectivity index (χ4n) is 3.72. The summed E-state index contributed by atoms with van der Waals surface area (Å²) in [6.07, 6.45) is 6.51. The van der Waals surface area contributed by atoms with Crippen LogP contribution < -0.4 is 15.5 Å². The highest BCUT2D eigenvalue weighted by atomic mass is 127. The van der Waals surface area contributed by atoms with Crippen LogP contribution >= 0.6 is 24.0 Å². The van der Waals surface area contributed by atoms with Crippen molar-refractivity contribution in [2.24, 2.45) is 10.9 Å². The number of nitrogens with one attached hydrogen (secondary N) is 2. The van der Waals surface area contributed by atoms with Gasteiger partial charge in [-0.2, -0.15) is 0 Å². The molecule has 0 aromatic heterocycles. The lowest BCUT2D eigenvalue weighted by atomic mass is 10.1. The van der Waals surface area contributed by atoms with E-state index in [1.165, 1.54) is 56.4 Å². The van der Waals surface area contributed by atoms with Gasteiger partial charge in [-0.25, -0.2) is 0 Å². The molecule has 0 spiro atoms. The van der Waals surface area contributed by atoms with Gasteiger partial charge in [-0.3, -0.25) is 4.99 Å². The molecule has 1 aromatic rings. The molecule has 0 bridgehead atoms. The molecule has 1 aliphatic carbocycles. The van der Waals surface area contributed by atoms with Gasteiger partial charge in [0.05, 0.1) is 6.04 Å². The minimum absolute atomic E-state index is 0. The first kappa shape index (κ1) is 20.3.